The molecule has 1 rings (SSSR count). The summed E-state index contributed by atoms with van der Waals surface area (Å²) in [6.45, 7) is 0. The number of nitrogens with one attached hydrogen (secondary N) is 1. The van der Waals surface area contributed by atoms with Crippen molar-refractivity contribution in [2.75, 3.05) is 0 Å². The summed E-state index contributed by atoms with van der Waals surface area (Å²) in [5, 5.41) is 2.49. The fourth-order valence-electron chi connectivity index (χ4n) is 0.631. The molecule has 1 heterocycles. The fraction of sp³-hybridized carbons (Fsp3) is 0.250. The van der Waals surface area contributed by atoms with Crippen molar-refractivity contribution in [3.8, 4) is 5.88 Å². The van der Waals surface area contributed by atoms with Crippen molar-refractivity contribution < 1.29 is 4.84 Å². The Balaban J connectivity index is 3.31. The number of aryl methyl sites for hydroxylation is 1. The fourth-order valence-corrected chi connectivity index (χ4v) is 0.631. The second kappa shape index (κ2) is 2.22. The molecular formula is C4H6BN3O2. The van der Waals surface area contributed by atoms with Gasteiger partial charge in [-0.25, -0.2) is 0 Å². The lowest BCUT2D eigenvalue weighted by Crippen LogP contribution is -2.27. The Morgan fingerprint density at radius 3 is 2.60 bits per heavy atom. The van der Waals surface area contributed by atoms with E-state index in [0.29, 0.717) is 0 Å². The minimum Gasteiger partial charge on any atom is -0.392 e. The molecule has 0 saturated heterocycles. The molecule has 0 atom stereocenters. The van der Waals surface area contributed by atoms with Crippen LogP contribution < -0.4 is 21.8 Å². The summed E-state index contributed by atoms with van der Waals surface area (Å²) in [6, 6.07) is 0. The van der Waals surface area contributed by atoms with Crippen molar-refractivity contribution >= 4 is 13.3 Å². The van der Waals surface area contributed by atoms with E-state index in [-0.39, 0.29) is 16.9 Å². The average molecular weight is 139 g/mol. The molecule has 3 N–H and O–H groups in total. The summed E-state index contributed by atoms with van der Waals surface area (Å²) < 4.78 is 1.18. The number of aromatic nitrogens is 2. The van der Waals surface area contributed by atoms with Crippen LogP contribution in [0.3, 0.4) is 0 Å². The highest BCUT2D eigenvalue weighted by Crippen LogP contribution is 1.90. The predicted octanol–water partition coefficient (Wildman–Crippen LogP) is -2.24. The van der Waals surface area contributed by atoms with Gasteiger partial charge in [-0.15, -0.1) is 0 Å². The molecule has 0 aliphatic heterocycles. The second-order valence-electron chi connectivity index (χ2n) is 1.84. The standard InChI is InChI=1S/C4H6BN3O2/c1-8-4(9)2(5)3(7-8)10-6/h7H,6H2,1H3. The van der Waals surface area contributed by atoms with Crippen LogP contribution >= 0.6 is 0 Å². The lowest BCUT2D eigenvalue weighted by Gasteiger charge is -1.91. The summed E-state index contributed by atoms with van der Waals surface area (Å²) in [6.07, 6.45) is 0. The van der Waals surface area contributed by atoms with Gasteiger partial charge in [-0.2, -0.15) is 5.90 Å². The van der Waals surface area contributed by atoms with Gasteiger partial charge in [0.2, 0.25) is 5.88 Å². The lowest BCUT2D eigenvalue weighted by molar-refractivity contribution is 0.319. The maximum atomic E-state index is 10.8. The first-order valence-electron chi connectivity index (χ1n) is 2.58. The van der Waals surface area contributed by atoms with Crippen LogP contribution in [0.4, 0.5) is 0 Å². The molecule has 1 aromatic heterocycles. The monoisotopic (exact) mass is 139 g/mol. The molecule has 0 aliphatic carbocycles. The number of rotatable bonds is 1. The quantitative estimate of drug-likeness (QED) is 0.341. The Kier molecular flexibility index (Phi) is 1.54. The average Bonchev–Trinajstić information content (AvgIpc) is 2.17. The number of H-pyrrole nitrogens is 1. The molecule has 0 amide bonds. The Labute approximate surface area is 58.1 Å². The van der Waals surface area contributed by atoms with E-state index < -0.39 is 0 Å². The van der Waals surface area contributed by atoms with Gasteiger partial charge >= 0.3 is 0 Å². The molecule has 0 spiro atoms. The maximum absolute atomic E-state index is 10.8. The largest absolute Gasteiger partial charge is 0.392 e. The van der Waals surface area contributed by atoms with Crippen LogP contribution in [0, 0.1) is 0 Å². The van der Waals surface area contributed by atoms with Gasteiger partial charge in [-0.05, 0) is 0 Å². The topological polar surface area (TPSA) is 73.0 Å². The highest BCUT2D eigenvalue weighted by Gasteiger charge is 2.05. The summed E-state index contributed by atoms with van der Waals surface area (Å²) >= 11 is 0. The van der Waals surface area contributed by atoms with E-state index in [1.54, 1.807) is 0 Å². The molecular weight excluding hydrogens is 133 g/mol. The normalized spacial score (nSPS) is 9.80. The maximum Gasteiger partial charge on any atom is 0.262 e. The molecule has 5 nitrogen and oxygen atoms in total. The van der Waals surface area contributed by atoms with Crippen molar-refractivity contribution in [2.24, 2.45) is 12.9 Å². The van der Waals surface area contributed by atoms with Crippen LogP contribution in [-0.2, 0) is 7.05 Å². The molecule has 0 aliphatic rings. The van der Waals surface area contributed by atoms with Gasteiger partial charge in [0.15, 0.2) is 0 Å². The van der Waals surface area contributed by atoms with Gasteiger partial charge < -0.3 is 4.84 Å². The highest BCUT2D eigenvalue weighted by atomic mass is 16.6. The summed E-state index contributed by atoms with van der Waals surface area (Å²) in [5.74, 6) is 4.86. The van der Waals surface area contributed by atoms with Crippen LogP contribution in [0.1, 0.15) is 0 Å². The van der Waals surface area contributed by atoms with E-state index in [9.17, 15) is 4.79 Å². The smallest absolute Gasteiger partial charge is 0.262 e. The summed E-state index contributed by atoms with van der Waals surface area (Å²) in [4.78, 5) is 15.1. The van der Waals surface area contributed by atoms with E-state index in [1.807, 2.05) is 0 Å². The van der Waals surface area contributed by atoms with Gasteiger partial charge in [0.1, 0.15) is 7.85 Å². The molecule has 6 heteroatoms. The summed E-state index contributed by atoms with van der Waals surface area (Å²) in [5.41, 5.74) is -0.356. The number of aromatic amines is 1. The van der Waals surface area contributed by atoms with Crippen LogP contribution in [-0.4, -0.2) is 17.6 Å². The third-order valence-electron chi connectivity index (χ3n) is 1.17. The van der Waals surface area contributed by atoms with E-state index in [2.05, 4.69) is 9.94 Å². The minimum absolute atomic E-state index is 0.00926. The van der Waals surface area contributed by atoms with Gasteiger partial charge in [0.25, 0.3) is 5.56 Å². The number of nitrogens with two attached hydrogens (primary N) is 1. The number of hydrogen-bond acceptors (Lipinski definition) is 3. The van der Waals surface area contributed by atoms with E-state index >= 15 is 0 Å². The molecule has 52 valence electrons. The first-order chi connectivity index (χ1) is 4.66. The van der Waals surface area contributed by atoms with E-state index in [4.69, 9.17) is 13.7 Å². The Hall–Kier alpha value is -1.17. The van der Waals surface area contributed by atoms with Crippen LogP contribution in [0.25, 0.3) is 0 Å². The molecule has 0 fully saturated rings. The zero-order chi connectivity index (χ0) is 7.72. The van der Waals surface area contributed by atoms with Gasteiger partial charge in [-0.3, -0.25) is 14.6 Å². The zero-order valence-electron chi connectivity index (χ0n) is 5.42. The van der Waals surface area contributed by atoms with E-state index in [0.717, 1.165) is 0 Å². The third-order valence-corrected chi connectivity index (χ3v) is 1.17. The molecule has 0 unspecified atom stereocenters. The molecule has 10 heavy (non-hydrogen) atoms. The predicted molar refractivity (Wildman–Crippen MR) is 36.2 cm³/mol. The van der Waals surface area contributed by atoms with Crippen molar-refractivity contribution in [3.63, 3.8) is 0 Å². The Morgan fingerprint density at radius 2 is 2.40 bits per heavy atom. The molecule has 1 aromatic rings. The van der Waals surface area contributed by atoms with Crippen molar-refractivity contribution in [1.29, 1.82) is 0 Å². The van der Waals surface area contributed by atoms with Crippen LogP contribution in [0.15, 0.2) is 4.79 Å². The summed E-state index contributed by atoms with van der Waals surface area (Å²) in [7, 11) is 6.76. The molecule has 0 saturated carbocycles. The second-order valence-corrected chi connectivity index (χ2v) is 1.84. The van der Waals surface area contributed by atoms with Crippen LogP contribution in [0.5, 0.6) is 5.88 Å². The van der Waals surface area contributed by atoms with Crippen LogP contribution in [0.2, 0.25) is 0 Å². The van der Waals surface area contributed by atoms with Crippen molar-refractivity contribution in [3.05, 3.63) is 10.4 Å². The first kappa shape index (κ1) is 6.95. The molecule has 2 radical (unpaired) electrons. The molecule has 0 aromatic carbocycles. The van der Waals surface area contributed by atoms with E-state index in [1.165, 1.54) is 11.7 Å². The first-order valence-corrected chi connectivity index (χ1v) is 2.58. The van der Waals surface area contributed by atoms with Gasteiger partial charge in [0, 0.05) is 12.5 Å². The zero-order valence-corrected chi connectivity index (χ0v) is 5.42. The Bertz CT molecular complexity index is 289. The lowest BCUT2D eigenvalue weighted by atomic mass is 10.0. The highest BCUT2D eigenvalue weighted by molar-refractivity contribution is 6.33. The number of nitrogens with zero attached hydrogens (tertiary/aromatic N) is 1. The van der Waals surface area contributed by atoms with Gasteiger partial charge in [0.05, 0.1) is 0 Å². The molecule has 0 bridgehead atoms. The van der Waals surface area contributed by atoms with Crippen molar-refractivity contribution in [1.82, 2.24) is 9.78 Å². The Morgan fingerprint density at radius 1 is 1.80 bits per heavy atom. The number of hydrogen-bond donors (Lipinski definition) is 2. The van der Waals surface area contributed by atoms with Crippen molar-refractivity contribution in [2.45, 2.75) is 0 Å². The SMILES string of the molecule is [B]c1c(ON)[nH]n(C)c1=O. The third kappa shape index (κ3) is 0.821. The van der Waals surface area contributed by atoms with Gasteiger partial charge in [-0.1, -0.05) is 0 Å². The minimum atomic E-state index is -0.347.